The molecule has 0 aliphatic carbocycles. The predicted molar refractivity (Wildman–Crippen MR) is 100 cm³/mol. The Morgan fingerprint density at radius 2 is 1.81 bits per heavy atom. The number of phenols is 1. The number of hydrogen-bond donors (Lipinski definition) is 4. The van der Waals surface area contributed by atoms with Crippen LogP contribution in [0.5, 0.6) is 17.2 Å². The van der Waals surface area contributed by atoms with E-state index in [-0.39, 0.29) is 17.6 Å². The number of anilines is 1. The summed E-state index contributed by atoms with van der Waals surface area (Å²) in [6.45, 7) is 0.643. The lowest BCUT2D eigenvalue weighted by molar-refractivity contribution is 0.0955. The van der Waals surface area contributed by atoms with Crippen molar-refractivity contribution >= 4 is 17.6 Å². The Kier molecular flexibility index (Phi) is 6.67. The van der Waals surface area contributed by atoms with Gasteiger partial charge in [-0.3, -0.25) is 9.79 Å². The van der Waals surface area contributed by atoms with E-state index >= 15 is 0 Å². The van der Waals surface area contributed by atoms with Gasteiger partial charge >= 0.3 is 0 Å². The van der Waals surface area contributed by atoms with Crippen molar-refractivity contribution in [1.82, 2.24) is 5.32 Å². The summed E-state index contributed by atoms with van der Waals surface area (Å²) in [5.74, 6) is 1.28. The highest BCUT2D eigenvalue weighted by Gasteiger charge is 2.06. The molecule has 8 nitrogen and oxygen atoms in total. The molecule has 0 saturated carbocycles. The van der Waals surface area contributed by atoms with E-state index in [4.69, 9.17) is 15.2 Å². The van der Waals surface area contributed by atoms with E-state index in [1.165, 1.54) is 12.1 Å². The zero-order valence-corrected chi connectivity index (χ0v) is 14.7. The molecule has 2 aromatic carbocycles. The van der Waals surface area contributed by atoms with Crippen molar-refractivity contribution in [1.29, 1.82) is 0 Å². The molecular weight excluding hydrogens is 336 g/mol. The highest BCUT2D eigenvalue weighted by Crippen LogP contribution is 2.29. The van der Waals surface area contributed by atoms with Gasteiger partial charge in [0, 0.05) is 23.9 Å². The number of nitrogens with one attached hydrogen (secondary N) is 2. The summed E-state index contributed by atoms with van der Waals surface area (Å²) >= 11 is 0. The molecule has 1 amide bonds. The van der Waals surface area contributed by atoms with Crippen molar-refractivity contribution in [2.24, 2.45) is 10.7 Å². The molecule has 8 heteroatoms. The second kappa shape index (κ2) is 9.16. The number of benzene rings is 2. The molecule has 5 N–H and O–H groups in total. The molecule has 0 bridgehead atoms. The lowest BCUT2D eigenvalue weighted by Gasteiger charge is -2.11. The summed E-state index contributed by atoms with van der Waals surface area (Å²) in [7, 11) is 3.11. The number of aromatic hydroxyl groups is 1. The average molecular weight is 358 g/mol. The van der Waals surface area contributed by atoms with E-state index in [2.05, 4.69) is 15.6 Å². The van der Waals surface area contributed by atoms with Gasteiger partial charge < -0.3 is 30.9 Å². The molecule has 0 atom stereocenters. The zero-order valence-electron chi connectivity index (χ0n) is 14.7. The van der Waals surface area contributed by atoms with E-state index in [1.807, 2.05) is 0 Å². The van der Waals surface area contributed by atoms with Crippen LogP contribution in [0.3, 0.4) is 0 Å². The summed E-state index contributed by atoms with van der Waals surface area (Å²) in [6, 6.07) is 11.3. The molecule has 0 spiro atoms. The van der Waals surface area contributed by atoms with Gasteiger partial charge in [-0.1, -0.05) is 0 Å². The smallest absolute Gasteiger partial charge is 0.251 e. The van der Waals surface area contributed by atoms with Crippen LogP contribution in [-0.2, 0) is 0 Å². The number of ether oxygens (including phenoxy) is 2. The van der Waals surface area contributed by atoms with Gasteiger partial charge in [-0.2, -0.15) is 0 Å². The van der Waals surface area contributed by atoms with Gasteiger partial charge in [-0.15, -0.1) is 0 Å². The lowest BCUT2D eigenvalue weighted by atomic mass is 10.2. The molecule has 0 radical (unpaired) electrons. The Morgan fingerprint density at radius 3 is 2.46 bits per heavy atom. The SMILES string of the molecule is COc1ccc(NC(N)=NCCNC(=O)c2ccc(O)cc2)cc1OC. The number of phenolic OH excluding ortho intramolecular Hbond substituents is 1. The Morgan fingerprint density at radius 1 is 1.12 bits per heavy atom. The zero-order chi connectivity index (χ0) is 18.9. The molecule has 0 unspecified atom stereocenters. The highest BCUT2D eigenvalue weighted by atomic mass is 16.5. The fraction of sp³-hybridized carbons (Fsp3) is 0.222. The van der Waals surface area contributed by atoms with E-state index in [1.54, 1.807) is 44.6 Å². The van der Waals surface area contributed by atoms with Gasteiger partial charge in [0.25, 0.3) is 5.91 Å². The molecule has 2 rings (SSSR count). The maximum atomic E-state index is 11.9. The van der Waals surface area contributed by atoms with Gasteiger partial charge in [0.15, 0.2) is 17.5 Å². The second-order valence-corrected chi connectivity index (χ2v) is 5.26. The molecular formula is C18H22N4O4. The Labute approximate surface area is 151 Å². The third kappa shape index (κ3) is 5.30. The molecule has 138 valence electrons. The van der Waals surface area contributed by atoms with Crippen LogP contribution in [0.2, 0.25) is 0 Å². The molecule has 0 aliphatic rings. The molecule has 0 aliphatic heterocycles. The van der Waals surface area contributed by atoms with Gasteiger partial charge in [-0.05, 0) is 36.4 Å². The second-order valence-electron chi connectivity index (χ2n) is 5.26. The standard InChI is InChI=1S/C18H22N4O4/c1-25-15-8-5-13(11-16(15)26-2)22-18(19)21-10-9-20-17(24)12-3-6-14(23)7-4-12/h3-8,11,23H,9-10H2,1-2H3,(H,20,24)(H3,19,21,22). The highest BCUT2D eigenvalue weighted by molar-refractivity contribution is 5.94. The van der Waals surface area contributed by atoms with E-state index in [0.29, 0.717) is 35.8 Å². The predicted octanol–water partition coefficient (Wildman–Crippen LogP) is 1.57. The first-order chi connectivity index (χ1) is 12.5. The van der Waals surface area contributed by atoms with Crippen LogP contribution >= 0.6 is 0 Å². The first-order valence-electron chi connectivity index (χ1n) is 7.89. The number of hydrogen-bond acceptors (Lipinski definition) is 5. The van der Waals surface area contributed by atoms with Gasteiger partial charge in [0.2, 0.25) is 0 Å². The first-order valence-corrected chi connectivity index (χ1v) is 7.89. The van der Waals surface area contributed by atoms with E-state index < -0.39 is 0 Å². The minimum Gasteiger partial charge on any atom is -0.508 e. The molecule has 2 aromatic rings. The van der Waals surface area contributed by atoms with Crippen molar-refractivity contribution in [3.05, 3.63) is 48.0 Å². The van der Waals surface area contributed by atoms with Crippen molar-refractivity contribution < 1.29 is 19.4 Å². The molecule has 0 saturated heterocycles. The Hall–Kier alpha value is -3.42. The number of amides is 1. The van der Waals surface area contributed by atoms with Crippen LogP contribution in [-0.4, -0.2) is 44.3 Å². The van der Waals surface area contributed by atoms with Gasteiger partial charge in [0.05, 0.1) is 20.8 Å². The average Bonchev–Trinajstić information content (AvgIpc) is 2.65. The van der Waals surface area contributed by atoms with Crippen LogP contribution < -0.4 is 25.8 Å². The molecule has 0 heterocycles. The maximum Gasteiger partial charge on any atom is 0.251 e. The minimum atomic E-state index is -0.244. The van der Waals surface area contributed by atoms with Crippen LogP contribution in [0.4, 0.5) is 5.69 Å². The summed E-state index contributed by atoms with van der Waals surface area (Å²) in [6.07, 6.45) is 0. The maximum absolute atomic E-state index is 11.9. The quantitative estimate of drug-likeness (QED) is 0.339. The Bertz CT molecular complexity index is 775. The lowest BCUT2D eigenvalue weighted by Crippen LogP contribution is -2.28. The molecule has 0 fully saturated rings. The van der Waals surface area contributed by atoms with Gasteiger partial charge in [-0.25, -0.2) is 0 Å². The van der Waals surface area contributed by atoms with Crippen molar-refractivity contribution in [2.75, 3.05) is 32.6 Å². The summed E-state index contributed by atoms with van der Waals surface area (Å²) in [5, 5.41) is 14.9. The molecule has 26 heavy (non-hydrogen) atoms. The van der Waals surface area contributed by atoms with Crippen molar-refractivity contribution in [3.63, 3.8) is 0 Å². The third-order valence-electron chi connectivity index (χ3n) is 3.46. The van der Waals surface area contributed by atoms with E-state index in [9.17, 15) is 9.90 Å². The van der Waals surface area contributed by atoms with Crippen molar-refractivity contribution in [3.8, 4) is 17.2 Å². The number of nitrogens with zero attached hydrogens (tertiary/aromatic N) is 1. The summed E-state index contributed by atoms with van der Waals surface area (Å²) < 4.78 is 10.4. The van der Waals surface area contributed by atoms with Crippen molar-refractivity contribution in [2.45, 2.75) is 0 Å². The number of nitrogens with two attached hydrogens (primary N) is 1. The number of aliphatic imine (C=N–C) groups is 1. The van der Waals surface area contributed by atoms with Gasteiger partial charge in [0.1, 0.15) is 5.75 Å². The largest absolute Gasteiger partial charge is 0.508 e. The monoisotopic (exact) mass is 358 g/mol. The van der Waals surface area contributed by atoms with E-state index in [0.717, 1.165) is 0 Å². The summed E-state index contributed by atoms with van der Waals surface area (Å²) in [4.78, 5) is 16.1. The fourth-order valence-corrected chi connectivity index (χ4v) is 2.16. The number of carbonyl (C=O) groups excluding carboxylic acids is 1. The Balaban J connectivity index is 1.83. The minimum absolute atomic E-state index is 0.111. The normalized spacial score (nSPS) is 10.9. The fourth-order valence-electron chi connectivity index (χ4n) is 2.16. The topological polar surface area (TPSA) is 118 Å². The summed E-state index contributed by atoms with van der Waals surface area (Å²) in [5.41, 5.74) is 7.01. The van der Waals surface area contributed by atoms with Crippen LogP contribution in [0.25, 0.3) is 0 Å². The third-order valence-corrected chi connectivity index (χ3v) is 3.46. The number of methoxy groups -OCH3 is 2. The number of guanidine groups is 1. The number of rotatable bonds is 7. The number of carbonyl (C=O) groups is 1. The van der Waals surface area contributed by atoms with Crippen LogP contribution in [0.15, 0.2) is 47.5 Å². The first kappa shape index (κ1) is 18.9. The van der Waals surface area contributed by atoms with Crippen LogP contribution in [0.1, 0.15) is 10.4 Å². The van der Waals surface area contributed by atoms with Crippen LogP contribution in [0, 0.1) is 0 Å². The molecule has 0 aromatic heterocycles.